The Morgan fingerprint density at radius 1 is 1.50 bits per heavy atom. The molecule has 0 N–H and O–H groups in total. The summed E-state index contributed by atoms with van der Waals surface area (Å²) >= 11 is 1.11. The smallest absolute Gasteiger partial charge is 0.296 e. The number of hydrogen-bond donors (Lipinski definition) is 0. The highest BCUT2D eigenvalue weighted by molar-refractivity contribution is 8.13. The summed E-state index contributed by atoms with van der Waals surface area (Å²) < 4.78 is 27.5. The maximum absolute atomic E-state index is 11.2. The first-order valence-electron chi connectivity index (χ1n) is 4.19. The van der Waals surface area contributed by atoms with Gasteiger partial charge < -0.3 is 0 Å². The van der Waals surface area contributed by atoms with Crippen LogP contribution in [0.1, 0.15) is 6.92 Å². The zero-order chi connectivity index (χ0) is 11.8. The normalized spacial score (nSPS) is 11.9. The van der Waals surface area contributed by atoms with Gasteiger partial charge in [0.1, 0.15) is 4.88 Å². The Hall–Kier alpha value is -1.06. The van der Waals surface area contributed by atoms with Crippen molar-refractivity contribution < 1.29 is 8.42 Å². The maximum Gasteiger partial charge on any atom is 0.296 e. The van der Waals surface area contributed by atoms with Gasteiger partial charge in [-0.1, -0.05) is 4.49 Å². The number of halogens is 1. The number of rotatable bonds is 3. The van der Waals surface area contributed by atoms with Gasteiger partial charge in [-0.3, -0.25) is 4.57 Å². The van der Waals surface area contributed by atoms with Crippen molar-refractivity contribution in [1.82, 2.24) is 24.4 Å². The van der Waals surface area contributed by atoms with E-state index in [-0.39, 0.29) is 5.16 Å². The average Bonchev–Trinajstić information content (AvgIpc) is 2.84. The number of hydrogen-bond acceptors (Lipinski definition) is 7. The van der Waals surface area contributed by atoms with Gasteiger partial charge in [0.25, 0.3) is 14.2 Å². The topological polar surface area (TPSA) is 90.6 Å². The van der Waals surface area contributed by atoms with Crippen molar-refractivity contribution in [3.8, 4) is 10.7 Å². The molecule has 0 aromatic carbocycles. The van der Waals surface area contributed by atoms with Gasteiger partial charge in [-0.05, 0) is 18.5 Å². The van der Waals surface area contributed by atoms with Crippen molar-refractivity contribution in [1.29, 1.82) is 0 Å². The van der Waals surface area contributed by atoms with Crippen molar-refractivity contribution in [3.63, 3.8) is 0 Å². The fourth-order valence-corrected chi connectivity index (χ4v) is 2.67. The average molecular weight is 280 g/mol. The summed E-state index contributed by atoms with van der Waals surface area (Å²) in [7, 11) is 1.35. The Morgan fingerprint density at radius 3 is 2.75 bits per heavy atom. The van der Waals surface area contributed by atoms with Crippen LogP contribution in [0.4, 0.5) is 0 Å². The van der Waals surface area contributed by atoms with Crippen molar-refractivity contribution >= 4 is 31.3 Å². The minimum atomic E-state index is -3.89. The van der Waals surface area contributed by atoms with E-state index in [0.717, 1.165) is 11.5 Å². The van der Waals surface area contributed by atoms with E-state index in [9.17, 15) is 8.42 Å². The van der Waals surface area contributed by atoms with Gasteiger partial charge in [-0.2, -0.15) is 0 Å². The molecule has 2 aromatic rings. The van der Waals surface area contributed by atoms with E-state index in [1.54, 1.807) is 6.92 Å². The first-order valence-corrected chi connectivity index (χ1v) is 7.28. The van der Waals surface area contributed by atoms with Crippen LogP contribution in [-0.2, 0) is 15.6 Å². The Labute approximate surface area is 99.7 Å². The molecular weight excluding hydrogens is 274 g/mol. The molecule has 10 heteroatoms. The van der Waals surface area contributed by atoms with Gasteiger partial charge in [0.2, 0.25) is 0 Å². The van der Waals surface area contributed by atoms with Crippen LogP contribution < -0.4 is 0 Å². The highest BCUT2D eigenvalue weighted by atomic mass is 35.7. The molecule has 0 unspecified atom stereocenters. The second-order valence-corrected chi connectivity index (χ2v) is 6.02. The van der Waals surface area contributed by atoms with E-state index >= 15 is 0 Å². The zero-order valence-corrected chi connectivity index (χ0v) is 10.4. The molecule has 7 nitrogen and oxygen atoms in total. The van der Waals surface area contributed by atoms with E-state index in [2.05, 4.69) is 19.8 Å². The molecule has 0 spiro atoms. The lowest BCUT2D eigenvalue weighted by atomic mass is 10.5. The molecule has 0 amide bonds. The molecule has 16 heavy (non-hydrogen) atoms. The molecule has 0 radical (unpaired) electrons. The highest BCUT2D eigenvalue weighted by Gasteiger charge is 2.23. The predicted molar refractivity (Wildman–Crippen MR) is 57.6 cm³/mol. The molecule has 86 valence electrons. The van der Waals surface area contributed by atoms with Crippen molar-refractivity contribution in [3.05, 3.63) is 6.20 Å². The van der Waals surface area contributed by atoms with Gasteiger partial charge in [-0.15, -0.1) is 15.3 Å². The fourth-order valence-electron chi connectivity index (χ4n) is 1.20. The Kier molecular flexibility index (Phi) is 2.91. The monoisotopic (exact) mass is 279 g/mol. The third kappa shape index (κ3) is 1.93. The summed E-state index contributed by atoms with van der Waals surface area (Å²) in [4.78, 5) is 0.640. The summed E-state index contributed by atoms with van der Waals surface area (Å²) in [5.41, 5.74) is 0. The fraction of sp³-hybridized carbons (Fsp3) is 0.333. The molecule has 2 aromatic heterocycles. The third-order valence-electron chi connectivity index (χ3n) is 1.83. The molecule has 0 aliphatic heterocycles. The van der Waals surface area contributed by atoms with Crippen LogP contribution in [0.5, 0.6) is 0 Å². The zero-order valence-electron chi connectivity index (χ0n) is 8.03. The molecule has 0 saturated heterocycles. The molecule has 0 atom stereocenters. The van der Waals surface area contributed by atoms with E-state index in [1.165, 1.54) is 10.8 Å². The molecule has 0 saturated carbocycles. The lowest BCUT2D eigenvalue weighted by molar-refractivity contribution is 0.583. The second kappa shape index (κ2) is 4.07. The van der Waals surface area contributed by atoms with Crippen LogP contribution in [0.2, 0.25) is 0 Å². The van der Waals surface area contributed by atoms with Crippen LogP contribution in [0, 0.1) is 0 Å². The molecule has 0 aliphatic carbocycles. The largest absolute Gasteiger partial charge is 0.296 e. The maximum atomic E-state index is 11.2. The molecule has 2 heterocycles. The minimum absolute atomic E-state index is 0.264. The van der Waals surface area contributed by atoms with Gasteiger partial charge >= 0.3 is 0 Å². The van der Waals surface area contributed by atoms with E-state index in [4.69, 9.17) is 10.7 Å². The molecular formula is C6H6ClN5O2S2. The summed E-state index contributed by atoms with van der Waals surface area (Å²) in [5, 5.41) is 10.7. The number of aromatic nitrogens is 5. The van der Waals surface area contributed by atoms with E-state index in [0.29, 0.717) is 17.2 Å². The lowest BCUT2D eigenvalue weighted by Crippen LogP contribution is -2.05. The predicted octanol–water partition coefficient (Wildman–Crippen LogP) is 0.744. The van der Waals surface area contributed by atoms with Crippen LogP contribution in [0.25, 0.3) is 10.7 Å². The van der Waals surface area contributed by atoms with Crippen LogP contribution >= 0.6 is 22.2 Å². The van der Waals surface area contributed by atoms with Gasteiger partial charge in [0.05, 0.1) is 6.20 Å². The minimum Gasteiger partial charge on any atom is -0.296 e. The van der Waals surface area contributed by atoms with Gasteiger partial charge in [-0.25, -0.2) is 8.42 Å². The summed E-state index contributed by atoms with van der Waals surface area (Å²) in [6.45, 7) is 2.16. The van der Waals surface area contributed by atoms with Crippen LogP contribution in [0.15, 0.2) is 11.4 Å². The first kappa shape index (κ1) is 11.4. The van der Waals surface area contributed by atoms with Gasteiger partial charge in [0, 0.05) is 17.2 Å². The van der Waals surface area contributed by atoms with Crippen LogP contribution in [-0.4, -0.2) is 32.8 Å². The quantitative estimate of drug-likeness (QED) is 0.770. The van der Waals surface area contributed by atoms with Crippen molar-refractivity contribution in [2.24, 2.45) is 0 Å². The Morgan fingerprint density at radius 2 is 2.25 bits per heavy atom. The SMILES string of the molecule is CCn1c(-c2cnns2)nnc1S(=O)(=O)Cl. The lowest BCUT2D eigenvalue weighted by Gasteiger charge is -2.02. The first-order chi connectivity index (χ1) is 7.54. The molecule has 2 rings (SSSR count). The Bertz CT molecular complexity index is 590. The van der Waals surface area contributed by atoms with E-state index < -0.39 is 9.05 Å². The molecule has 0 fully saturated rings. The standard InChI is InChI=1S/C6H6ClN5O2S2/c1-2-12-5(4-3-8-11-15-4)9-10-6(12)16(7,13)14/h3H,2H2,1H3. The second-order valence-electron chi connectivity index (χ2n) is 2.77. The van der Waals surface area contributed by atoms with E-state index in [1.807, 2.05) is 0 Å². The molecule has 0 aliphatic rings. The third-order valence-corrected chi connectivity index (χ3v) is 3.65. The highest BCUT2D eigenvalue weighted by Crippen LogP contribution is 2.23. The summed E-state index contributed by atoms with van der Waals surface area (Å²) in [5.74, 6) is 0.400. The Balaban J connectivity index is 2.63. The van der Waals surface area contributed by atoms with Crippen molar-refractivity contribution in [2.45, 2.75) is 18.6 Å². The summed E-state index contributed by atoms with van der Waals surface area (Å²) in [6.07, 6.45) is 1.49. The van der Waals surface area contributed by atoms with Crippen LogP contribution in [0.3, 0.4) is 0 Å². The van der Waals surface area contributed by atoms with Crippen molar-refractivity contribution in [2.75, 3.05) is 0 Å². The molecule has 0 bridgehead atoms. The summed E-state index contributed by atoms with van der Waals surface area (Å²) in [6, 6.07) is 0. The van der Waals surface area contributed by atoms with Gasteiger partial charge in [0.15, 0.2) is 5.82 Å². The number of nitrogens with zero attached hydrogens (tertiary/aromatic N) is 5.